The highest BCUT2D eigenvalue weighted by molar-refractivity contribution is 5.85. The van der Waals surface area contributed by atoms with Crippen molar-refractivity contribution < 1.29 is 14.3 Å². The molecule has 2 rings (SSSR count). The fourth-order valence-electron chi connectivity index (χ4n) is 2.66. The van der Waals surface area contributed by atoms with Crippen molar-refractivity contribution in [2.24, 2.45) is 5.73 Å². The molecule has 2 atom stereocenters. The van der Waals surface area contributed by atoms with E-state index in [0.29, 0.717) is 45.6 Å². The van der Waals surface area contributed by atoms with Crippen molar-refractivity contribution in [3.05, 3.63) is 0 Å². The maximum absolute atomic E-state index is 12.2. The summed E-state index contributed by atoms with van der Waals surface area (Å²) in [6.45, 7) is 5.06. The molecule has 0 saturated carbocycles. The van der Waals surface area contributed by atoms with Crippen LogP contribution in [0.2, 0.25) is 0 Å². The summed E-state index contributed by atoms with van der Waals surface area (Å²) in [7, 11) is 0. The molecule has 0 spiro atoms. The van der Waals surface area contributed by atoms with E-state index in [9.17, 15) is 9.59 Å². The molecule has 2 N–H and O–H groups in total. The lowest BCUT2D eigenvalue weighted by Crippen LogP contribution is -2.52. The molecule has 2 aliphatic heterocycles. The smallest absolute Gasteiger partial charge is 0.251 e. The highest BCUT2D eigenvalue weighted by Crippen LogP contribution is 2.16. The van der Waals surface area contributed by atoms with E-state index >= 15 is 0 Å². The first-order chi connectivity index (χ1) is 9.58. The number of hydrogen-bond donors (Lipinski definition) is 1. The molecular weight excluding hydrogens is 294 g/mol. The van der Waals surface area contributed by atoms with Crippen molar-refractivity contribution in [2.45, 2.75) is 44.8 Å². The van der Waals surface area contributed by atoms with Crippen molar-refractivity contribution in [3.8, 4) is 0 Å². The molecule has 2 amide bonds. The lowest BCUT2D eigenvalue weighted by molar-refractivity contribution is -0.146. The second kappa shape index (κ2) is 8.56. The first-order valence-corrected chi connectivity index (χ1v) is 7.51. The summed E-state index contributed by atoms with van der Waals surface area (Å²) in [5.74, 6) is 0.233. The number of carbonyl (C=O) groups is 2. The molecule has 0 aliphatic carbocycles. The minimum atomic E-state index is -0.254. The Bertz CT molecular complexity index is 351. The molecule has 7 heteroatoms. The van der Waals surface area contributed by atoms with Crippen molar-refractivity contribution in [1.82, 2.24) is 9.80 Å². The van der Waals surface area contributed by atoms with Gasteiger partial charge >= 0.3 is 0 Å². The topological polar surface area (TPSA) is 75.9 Å². The predicted molar refractivity (Wildman–Crippen MR) is 82.3 cm³/mol. The largest absolute Gasteiger partial charge is 0.368 e. The zero-order valence-electron chi connectivity index (χ0n) is 12.6. The normalized spacial score (nSPS) is 23.6. The van der Waals surface area contributed by atoms with Gasteiger partial charge in [0, 0.05) is 45.2 Å². The quantitative estimate of drug-likeness (QED) is 0.813. The van der Waals surface area contributed by atoms with Gasteiger partial charge in [0.1, 0.15) is 6.10 Å². The highest BCUT2D eigenvalue weighted by atomic mass is 35.5. The van der Waals surface area contributed by atoms with Gasteiger partial charge in [0.2, 0.25) is 5.91 Å². The second-order valence-electron chi connectivity index (χ2n) is 5.72. The molecule has 2 heterocycles. The summed E-state index contributed by atoms with van der Waals surface area (Å²) in [4.78, 5) is 27.8. The van der Waals surface area contributed by atoms with Crippen LogP contribution in [0.15, 0.2) is 0 Å². The zero-order chi connectivity index (χ0) is 14.5. The Kier molecular flexibility index (Phi) is 7.42. The number of piperazine rings is 1. The van der Waals surface area contributed by atoms with E-state index in [-0.39, 0.29) is 36.4 Å². The Balaban J connectivity index is 0.00000220. The van der Waals surface area contributed by atoms with Gasteiger partial charge in [-0.1, -0.05) is 0 Å². The van der Waals surface area contributed by atoms with Crippen LogP contribution in [0.3, 0.4) is 0 Å². The summed E-state index contributed by atoms with van der Waals surface area (Å²) >= 11 is 0. The lowest BCUT2D eigenvalue weighted by atomic mass is 10.1. The van der Waals surface area contributed by atoms with Gasteiger partial charge in [0.05, 0.1) is 0 Å². The summed E-state index contributed by atoms with van der Waals surface area (Å²) < 4.78 is 5.42. The molecule has 2 unspecified atom stereocenters. The summed E-state index contributed by atoms with van der Waals surface area (Å²) in [6.07, 6.45) is 2.75. The van der Waals surface area contributed by atoms with Crippen LogP contribution in [0.4, 0.5) is 0 Å². The monoisotopic (exact) mass is 319 g/mol. The number of carbonyl (C=O) groups excluding carboxylic acids is 2. The lowest BCUT2D eigenvalue weighted by Gasteiger charge is -2.35. The van der Waals surface area contributed by atoms with Gasteiger partial charge in [-0.15, -0.1) is 12.4 Å². The van der Waals surface area contributed by atoms with Crippen LogP contribution in [0, 0.1) is 0 Å². The Hall–Kier alpha value is -0.850. The van der Waals surface area contributed by atoms with Crippen LogP contribution in [-0.4, -0.2) is 66.5 Å². The molecule has 21 heavy (non-hydrogen) atoms. The fraction of sp³-hybridized carbons (Fsp3) is 0.857. The van der Waals surface area contributed by atoms with Gasteiger partial charge in [-0.3, -0.25) is 9.59 Å². The molecule has 0 aromatic rings. The molecule has 0 aromatic carbocycles. The third kappa shape index (κ3) is 5.13. The summed E-state index contributed by atoms with van der Waals surface area (Å²) in [5, 5.41) is 0. The van der Waals surface area contributed by atoms with Crippen LogP contribution in [0.1, 0.15) is 32.6 Å². The third-order valence-corrected chi connectivity index (χ3v) is 3.96. The molecule has 6 nitrogen and oxygen atoms in total. The van der Waals surface area contributed by atoms with Crippen molar-refractivity contribution in [1.29, 1.82) is 0 Å². The van der Waals surface area contributed by atoms with Crippen LogP contribution in [0.5, 0.6) is 0 Å². The number of rotatable bonds is 4. The third-order valence-electron chi connectivity index (χ3n) is 3.96. The number of nitrogens with zero attached hydrogens (tertiary/aromatic N) is 2. The van der Waals surface area contributed by atoms with Gasteiger partial charge in [-0.05, 0) is 26.2 Å². The number of hydrogen-bond acceptors (Lipinski definition) is 4. The van der Waals surface area contributed by atoms with E-state index in [1.165, 1.54) is 0 Å². The fourth-order valence-corrected chi connectivity index (χ4v) is 2.66. The molecule has 2 saturated heterocycles. The molecule has 2 fully saturated rings. The number of halogens is 1. The van der Waals surface area contributed by atoms with Crippen LogP contribution in [0.25, 0.3) is 0 Å². The predicted octanol–water partition coefficient (Wildman–Crippen LogP) is 0.385. The van der Waals surface area contributed by atoms with Crippen LogP contribution in [-0.2, 0) is 14.3 Å². The van der Waals surface area contributed by atoms with Gasteiger partial charge in [-0.25, -0.2) is 0 Å². The molecule has 2 aliphatic rings. The van der Waals surface area contributed by atoms with E-state index in [1.54, 1.807) is 0 Å². The van der Waals surface area contributed by atoms with Crippen molar-refractivity contribution in [2.75, 3.05) is 32.8 Å². The molecule has 122 valence electrons. The first-order valence-electron chi connectivity index (χ1n) is 7.51. The van der Waals surface area contributed by atoms with Gasteiger partial charge in [0.15, 0.2) is 0 Å². The maximum Gasteiger partial charge on any atom is 0.251 e. The van der Waals surface area contributed by atoms with Gasteiger partial charge < -0.3 is 20.3 Å². The van der Waals surface area contributed by atoms with Gasteiger partial charge in [0.25, 0.3) is 5.91 Å². The Morgan fingerprint density at radius 3 is 2.38 bits per heavy atom. The summed E-state index contributed by atoms with van der Waals surface area (Å²) in [6, 6.07) is 0.0568. The van der Waals surface area contributed by atoms with E-state index in [0.717, 1.165) is 12.8 Å². The number of ether oxygens (including phenoxy) is 1. The molecule has 0 radical (unpaired) electrons. The van der Waals surface area contributed by atoms with E-state index in [4.69, 9.17) is 10.5 Å². The van der Waals surface area contributed by atoms with Gasteiger partial charge in [-0.2, -0.15) is 0 Å². The van der Waals surface area contributed by atoms with Crippen LogP contribution < -0.4 is 5.73 Å². The van der Waals surface area contributed by atoms with E-state index in [1.807, 2.05) is 16.7 Å². The maximum atomic E-state index is 12.2. The average molecular weight is 320 g/mol. The van der Waals surface area contributed by atoms with Crippen LogP contribution >= 0.6 is 12.4 Å². The second-order valence-corrected chi connectivity index (χ2v) is 5.72. The van der Waals surface area contributed by atoms with Crippen molar-refractivity contribution in [3.63, 3.8) is 0 Å². The zero-order valence-corrected chi connectivity index (χ0v) is 13.4. The summed E-state index contributed by atoms with van der Waals surface area (Å²) in [5.41, 5.74) is 5.66. The van der Waals surface area contributed by atoms with Crippen molar-refractivity contribution >= 4 is 24.2 Å². The minimum absolute atomic E-state index is 0. The SMILES string of the molecule is CC(N)CCC(=O)N1CCN(C(=O)C2CCCO2)CC1.Cl. The first kappa shape index (κ1) is 18.2. The highest BCUT2D eigenvalue weighted by Gasteiger charge is 2.31. The minimum Gasteiger partial charge on any atom is -0.368 e. The Morgan fingerprint density at radius 1 is 1.24 bits per heavy atom. The average Bonchev–Trinajstić information content (AvgIpc) is 2.98. The van der Waals surface area contributed by atoms with E-state index < -0.39 is 0 Å². The molecular formula is C14H26ClN3O3. The number of amides is 2. The van der Waals surface area contributed by atoms with E-state index in [2.05, 4.69) is 0 Å². The molecule has 0 aromatic heterocycles. The standard InChI is InChI=1S/C14H25N3O3.ClH/c1-11(15)4-5-13(18)16-6-8-17(9-7-16)14(19)12-3-2-10-20-12;/h11-12H,2-10,15H2,1H3;1H. The Labute approximate surface area is 132 Å². The number of nitrogens with two attached hydrogens (primary N) is 1. The Morgan fingerprint density at radius 2 is 1.86 bits per heavy atom. The molecule has 0 bridgehead atoms.